The van der Waals surface area contributed by atoms with E-state index in [0.29, 0.717) is 12.4 Å². The molecule has 1 N–H and O–H groups in total. The number of aryl methyl sites for hydroxylation is 1. The van der Waals surface area contributed by atoms with Crippen LogP contribution >= 0.6 is 0 Å². The van der Waals surface area contributed by atoms with Crippen LogP contribution in [0.4, 0.5) is 11.4 Å². The molecule has 1 aromatic carbocycles. The number of ether oxygens (including phenoxy) is 1. The van der Waals surface area contributed by atoms with Gasteiger partial charge in [0.25, 0.3) is 5.69 Å². The number of hydrogen-bond donors (Lipinski definition) is 1. The van der Waals surface area contributed by atoms with Crippen molar-refractivity contribution in [1.29, 1.82) is 0 Å². The Morgan fingerprint density at radius 3 is 2.85 bits per heavy atom. The fourth-order valence-corrected chi connectivity index (χ4v) is 1.89. The molecule has 0 unspecified atom stereocenters. The highest BCUT2D eigenvalue weighted by Gasteiger charge is 2.09. The zero-order valence-electron chi connectivity index (χ0n) is 11.3. The molecule has 0 aliphatic rings. The number of non-ortho nitro benzene ring substituents is 1. The number of nitrogens with one attached hydrogen (secondary N) is 1. The Morgan fingerprint density at radius 2 is 2.20 bits per heavy atom. The van der Waals surface area contributed by atoms with Crippen molar-refractivity contribution in [3.05, 3.63) is 57.8 Å². The minimum absolute atomic E-state index is 0.0898. The maximum Gasteiger partial charge on any atom is 0.269 e. The average Bonchev–Trinajstić information content (AvgIpc) is 2.46. The Hall–Kier alpha value is -2.63. The maximum absolute atomic E-state index is 10.7. The first kappa shape index (κ1) is 13.8. The van der Waals surface area contributed by atoms with Crippen LogP contribution in [0.5, 0.6) is 5.88 Å². The van der Waals surface area contributed by atoms with Crippen LogP contribution < -0.4 is 10.1 Å². The summed E-state index contributed by atoms with van der Waals surface area (Å²) in [6.07, 6.45) is 1.67. The van der Waals surface area contributed by atoms with Gasteiger partial charge in [0.05, 0.1) is 12.0 Å². The van der Waals surface area contributed by atoms with E-state index in [0.717, 1.165) is 16.8 Å². The molecule has 0 aliphatic carbocycles. The summed E-state index contributed by atoms with van der Waals surface area (Å²) in [6, 6.07) is 8.48. The first-order valence-corrected chi connectivity index (χ1v) is 6.08. The number of aromatic nitrogens is 1. The van der Waals surface area contributed by atoms with Crippen LogP contribution in [0.2, 0.25) is 0 Å². The number of rotatable bonds is 5. The summed E-state index contributed by atoms with van der Waals surface area (Å²) >= 11 is 0. The predicted octanol–water partition coefficient (Wildman–Crippen LogP) is 2.92. The van der Waals surface area contributed by atoms with E-state index < -0.39 is 4.92 Å². The van der Waals surface area contributed by atoms with Crippen molar-refractivity contribution >= 4 is 11.4 Å². The third-order valence-corrected chi connectivity index (χ3v) is 2.93. The molecule has 2 rings (SSSR count). The maximum atomic E-state index is 10.7. The van der Waals surface area contributed by atoms with E-state index in [9.17, 15) is 10.1 Å². The number of nitro benzene ring substituents is 1. The summed E-state index contributed by atoms with van der Waals surface area (Å²) in [4.78, 5) is 14.4. The normalized spacial score (nSPS) is 10.1. The van der Waals surface area contributed by atoms with E-state index in [-0.39, 0.29) is 5.69 Å². The van der Waals surface area contributed by atoms with Gasteiger partial charge in [0.1, 0.15) is 0 Å². The molecule has 6 nitrogen and oxygen atoms in total. The number of pyridine rings is 1. The van der Waals surface area contributed by atoms with Gasteiger partial charge in [-0.2, -0.15) is 0 Å². The topological polar surface area (TPSA) is 77.3 Å². The highest BCUT2D eigenvalue weighted by Crippen LogP contribution is 2.22. The van der Waals surface area contributed by atoms with Gasteiger partial charge in [-0.25, -0.2) is 4.98 Å². The molecule has 0 spiro atoms. The Bertz CT molecular complexity index is 629. The second-order valence-corrected chi connectivity index (χ2v) is 4.28. The molecule has 0 saturated carbocycles. The Kier molecular flexibility index (Phi) is 4.14. The number of nitro groups is 1. The van der Waals surface area contributed by atoms with Crippen molar-refractivity contribution in [2.24, 2.45) is 0 Å². The molecule has 20 heavy (non-hydrogen) atoms. The fraction of sp³-hybridized carbons (Fsp3) is 0.214. The lowest BCUT2D eigenvalue weighted by molar-refractivity contribution is -0.384. The summed E-state index contributed by atoms with van der Waals surface area (Å²) in [5.74, 6) is 0.569. The molecule has 6 heteroatoms. The first-order chi connectivity index (χ1) is 9.61. The minimum atomic E-state index is -0.402. The van der Waals surface area contributed by atoms with Gasteiger partial charge < -0.3 is 10.1 Å². The third kappa shape index (κ3) is 3.03. The van der Waals surface area contributed by atoms with Crippen LogP contribution in [0.1, 0.15) is 11.1 Å². The highest BCUT2D eigenvalue weighted by molar-refractivity contribution is 5.55. The predicted molar refractivity (Wildman–Crippen MR) is 75.9 cm³/mol. The van der Waals surface area contributed by atoms with Gasteiger partial charge in [-0.3, -0.25) is 10.1 Å². The number of methoxy groups -OCH3 is 1. The SMILES string of the molecule is COc1ncccc1CNc1ccc([N+](=O)[O-])cc1C. The van der Waals surface area contributed by atoms with Crippen LogP contribution in [0.15, 0.2) is 36.5 Å². The van der Waals surface area contributed by atoms with Crippen LogP contribution in [0.25, 0.3) is 0 Å². The summed E-state index contributed by atoms with van der Waals surface area (Å²) < 4.78 is 5.17. The summed E-state index contributed by atoms with van der Waals surface area (Å²) in [5, 5.41) is 13.9. The lowest BCUT2D eigenvalue weighted by atomic mass is 10.1. The van der Waals surface area contributed by atoms with Crippen molar-refractivity contribution < 1.29 is 9.66 Å². The van der Waals surface area contributed by atoms with E-state index >= 15 is 0 Å². The van der Waals surface area contributed by atoms with E-state index in [4.69, 9.17) is 4.74 Å². The van der Waals surface area contributed by atoms with Gasteiger partial charge >= 0.3 is 0 Å². The van der Waals surface area contributed by atoms with Gasteiger partial charge in [-0.1, -0.05) is 6.07 Å². The van der Waals surface area contributed by atoms with Gasteiger partial charge in [-0.05, 0) is 24.6 Å². The first-order valence-electron chi connectivity index (χ1n) is 6.08. The number of benzene rings is 1. The molecule has 0 fully saturated rings. The third-order valence-electron chi connectivity index (χ3n) is 2.93. The van der Waals surface area contributed by atoms with Gasteiger partial charge in [0, 0.05) is 36.1 Å². The van der Waals surface area contributed by atoms with Crippen molar-refractivity contribution in [2.75, 3.05) is 12.4 Å². The molecule has 0 aliphatic heterocycles. The molecule has 1 aromatic heterocycles. The van der Waals surface area contributed by atoms with Crippen molar-refractivity contribution in [3.63, 3.8) is 0 Å². The van der Waals surface area contributed by atoms with Gasteiger partial charge in [-0.15, -0.1) is 0 Å². The molecular weight excluding hydrogens is 258 g/mol. The molecule has 2 aromatic rings. The summed E-state index contributed by atoms with van der Waals surface area (Å²) in [6.45, 7) is 2.37. The van der Waals surface area contributed by atoms with E-state index in [2.05, 4.69) is 10.3 Å². The van der Waals surface area contributed by atoms with Crippen LogP contribution in [-0.4, -0.2) is 17.0 Å². The Morgan fingerprint density at radius 1 is 1.40 bits per heavy atom. The lowest BCUT2D eigenvalue weighted by Crippen LogP contribution is -2.04. The molecule has 0 atom stereocenters. The molecule has 0 saturated heterocycles. The van der Waals surface area contributed by atoms with Crippen LogP contribution in [0, 0.1) is 17.0 Å². The summed E-state index contributed by atoms with van der Waals surface area (Å²) in [5.41, 5.74) is 2.68. The van der Waals surface area contributed by atoms with Gasteiger partial charge in [0.15, 0.2) is 0 Å². The lowest BCUT2D eigenvalue weighted by Gasteiger charge is -2.11. The zero-order chi connectivity index (χ0) is 14.5. The quantitative estimate of drug-likeness (QED) is 0.669. The zero-order valence-corrected chi connectivity index (χ0v) is 11.3. The minimum Gasteiger partial charge on any atom is -0.481 e. The number of nitrogens with zero attached hydrogens (tertiary/aromatic N) is 2. The smallest absolute Gasteiger partial charge is 0.269 e. The van der Waals surface area contributed by atoms with Crippen molar-refractivity contribution in [2.45, 2.75) is 13.5 Å². The second kappa shape index (κ2) is 6.01. The molecule has 0 radical (unpaired) electrons. The highest BCUT2D eigenvalue weighted by atomic mass is 16.6. The van der Waals surface area contributed by atoms with Crippen molar-refractivity contribution in [1.82, 2.24) is 4.98 Å². The number of anilines is 1. The second-order valence-electron chi connectivity index (χ2n) is 4.28. The van der Waals surface area contributed by atoms with E-state index in [1.807, 2.05) is 19.1 Å². The van der Waals surface area contributed by atoms with Crippen LogP contribution in [0.3, 0.4) is 0 Å². The Labute approximate surface area is 116 Å². The van der Waals surface area contributed by atoms with E-state index in [1.54, 1.807) is 25.4 Å². The molecular formula is C14H15N3O3. The fourth-order valence-electron chi connectivity index (χ4n) is 1.89. The van der Waals surface area contributed by atoms with E-state index in [1.165, 1.54) is 6.07 Å². The van der Waals surface area contributed by atoms with Gasteiger partial charge in [0.2, 0.25) is 5.88 Å². The largest absolute Gasteiger partial charge is 0.481 e. The Balaban J connectivity index is 2.13. The van der Waals surface area contributed by atoms with Crippen molar-refractivity contribution in [3.8, 4) is 5.88 Å². The number of hydrogen-bond acceptors (Lipinski definition) is 5. The summed E-state index contributed by atoms with van der Waals surface area (Å²) in [7, 11) is 1.57. The molecule has 1 heterocycles. The van der Waals surface area contributed by atoms with Crippen LogP contribution in [-0.2, 0) is 6.54 Å². The standard InChI is InChI=1S/C14H15N3O3/c1-10-8-12(17(18)19)5-6-13(10)16-9-11-4-3-7-15-14(11)20-2/h3-8,16H,9H2,1-2H3. The average molecular weight is 273 g/mol. The molecule has 104 valence electrons. The molecule has 0 amide bonds. The molecule has 0 bridgehead atoms. The monoisotopic (exact) mass is 273 g/mol.